The number of thiophene rings is 1. The van der Waals surface area contributed by atoms with E-state index in [9.17, 15) is 9.59 Å². The summed E-state index contributed by atoms with van der Waals surface area (Å²) in [5.41, 5.74) is 6.60. The van der Waals surface area contributed by atoms with Crippen molar-refractivity contribution in [2.45, 2.75) is 46.2 Å². The molecule has 2 amide bonds. The van der Waals surface area contributed by atoms with Crippen LogP contribution in [0.25, 0.3) is 0 Å². The van der Waals surface area contributed by atoms with Gasteiger partial charge in [0.05, 0.1) is 17.5 Å². The van der Waals surface area contributed by atoms with Gasteiger partial charge in [-0.2, -0.15) is 0 Å². The molecule has 1 aliphatic carbocycles. The molecule has 1 aromatic rings. The Balaban J connectivity index is 0.00000158. The molecule has 0 aromatic carbocycles. The average Bonchev–Trinajstić information content (AvgIpc) is 3.38. The van der Waals surface area contributed by atoms with Gasteiger partial charge in [-0.25, -0.2) is 0 Å². The number of rotatable bonds is 6. The Morgan fingerprint density at radius 1 is 1.26 bits per heavy atom. The Labute approximate surface area is 206 Å². The second-order valence-electron chi connectivity index (χ2n) is 8.62. The predicted molar refractivity (Wildman–Crippen MR) is 139 cm³/mol. The zero-order valence-electron chi connectivity index (χ0n) is 20.5. The van der Waals surface area contributed by atoms with Gasteiger partial charge in [0.2, 0.25) is 5.91 Å². The van der Waals surface area contributed by atoms with Crippen LogP contribution in [0.2, 0.25) is 0 Å². The molecule has 0 bridgehead atoms. The van der Waals surface area contributed by atoms with Crippen molar-refractivity contribution in [2.24, 2.45) is 21.6 Å². The summed E-state index contributed by atoms with van der Waals surface area (Å²) in [4.78, 5) is 39.1. The summed E-state index contributed by atoms with van der Waals surface area (Å²) < 4.78 is 0. The van der Waals surface area contributed by atoms with E-state index in [1.807, 2.05) is 62.3 Å². The van der Waals surface area contributed by atoms with Crippen molar-refractivity contribution < 1.29 is 9.59 Å². The molecule has 1 saturated heterocycles. The van der Waals surface area contributed by atoms with Crippen LogP contribution in [-0.2, 0) is 4.79 Å². The number of amidine groups is 2. The van der Waals surface area contributed by atoms with E-state index in [0.717, 1.165) is 35.8 Å². The van der Waals surface area contributed by atoms with Gasteiger partial charge in [0.1, 0.15) is 17.7 Å². The number of nitrogens with two attached hydrogens (primary N) is 1. The molecule has 1 fully saturated rings. The minimum absolute atomic E-state index is 0.00242. The second-order valence-corrected chi connectivity index (χ2v) is 9.56. The first-order valence-corrected chi connectivity index (χ1v) is 12.9. The summed E-state index contributed by atoms with van der Waals surface area (Å²) in [5, 5.41) is 5.30. The Bertz CT molecular complexity index is 972. The van der Waals surface area contributed by atoms with Crippen molar-refractivity contribution in [1.82, 2.24) is 15.1 Å². The van der Waals surface area contributed by atoms with Crippen LogP contribution >= 0.6 is 11.3 Å². The van der Waals surface area contributed by atoms with Gasteiger partial charge in [-0.3, -0.25) is 24.5 Å². The molecule has 1 aromatic heterocycles. The molecule has 3 heterocycles. The zero-order valence-corrected chi connectivity index (χ0v) is 21.3. The molecule has 8 nitrogen and oxygen atoms in total. The van der Waals surface area contributed by atoms with E-state index in [1.165, 1.54) is 11.3 Å². The smallest absolute Gasteiger partial charge is 0.264 e. The fourth-order valence-corrected chi connectivity index (χ4v) is 4.84. The van der Waals surface area contributed by atoms with Gasteiger partial charge in [0.25, 0.3) is 5.91 Å². The number of carbonyl (C=O) groups is 2. The quantitative estimate of drug-likeness (QED) is 0.648. The summed E-state index contributed by atoms with van der Waals surface area (Å²) in [6.45, 7) is 11.5. The highest BCUT2D eigenvalue weighted by Crippen LogP contribution is 2.22. The second kappa shape index (κ2) is 12.1. The fraction of sp³-hybridized carbons (Fsp3) is 0.520. The van der Waals surface area contributed by atoms with Crippen LogP contribution in [0, 0.1) is 5.92 Å². The summed E-state index contributed by atoms with van der Waals surface area (Å²) in [5.74, 6) is 1.22. The minimum Gasteiger partial charge on any atom is -0.368 e. The lowest BCUT2D eigenvalue weighted by Crippen LogP contribution is -2.53. The highest BCUT2D eigenvalue weighted by molar-refractivity contribution is 7.12. The lowest BCUT2D eigenvalue weighted by Gasteiger charge is -2.36. The number of hydrogen-bond acceptors (Lipinski definition) is 6. The highest BCUT2D eigenvalue weighted by Gasteiger charge is 2.30. The minimum atomic E-state index is -0.587. The van der Waals surface area contributed by atoms with E-state index < -0.39 is 11.9 Å². The molecule has 0 spiro atoms. The number of allylic oxidation sites excluding steroid dienone is 2. The fourth-order valence-electron chi connectivity index (χ4n) is 4.15. The van der Waals surface area contributed by atoms with Crippen molar-refractivity contribution in [3.63, 3.8) is 0 Å². The van der Waals surface area contributed by atoms with E-state index in [0.29, 0.717) is 25.5 Å². The monoisotopic (exact) mass is 484 g/mol. The lowest BCUT2D eigenvalue weighted by atomic mass is 9.96. The van der Waals surface area contributed by atoms with Crippen molar-refractivity contribution in [2.75, 3.05) is 32.7 Å². The molecule has 2 aliphatic heterocycles. The molecular formula is C25H36N6O2S. The third-order valence-electron chi connectivity index (χ3n) is 5.93. The number of aliphatic imine (C=N–C) groups is 2. The summed E-state index contributed by atoms with van der Waals surface area (Å²) in [7, 11) is 0. The molecule has 2 atom stereocenters. The highest BCUT2D eigenvalue weighted by atomic mass is 32.1. The van der Waals surface area contributed by atoms with Crippen molar-refractivity contribution in [3.05, 3.63) is 46.2 Å². The molecule has 9 heteroatoms. The standard InChI is InChI=1S/C23H30N6O2S.C2H6/c1-15(2)20(21(24)30)27-22-16-6-3-4-7-17(16)25-19(26-22)14-28-9-11-29(12-10-28)23(31)18-8-5-13-32-18;1-2/h3-6,8,13,15,17,20H,7,9-12,14H2,1-2H3,(H2,24,30)(H,25,26,27);1-2H3. The van der Waals surface area contributed by atoms with Gasteiger partial charge in [0.15, 0.2) is 0 Å². The van der Waals surface area contributed by atoms with Crippen LogP contribution in [0.1, 0.15) is 43.8 Å². The maximum absolute atomic E-state index is 12.6. The maximum Gasteiger partial charge on any atom is 0.264 e. The summed E-state index contributed by atoms with van der Waals surface area (Å²) in [6.07, 6.45) is 6.92. The van der Waals surface area contributed by atoms with E-state index in [-0.39, 0.29) is 17.9 Å². The molecule has 3 aliphatic rings. The number of amides is 2. The van der Waals surface area contributed by atoms with Crippen LogP contribution in [-0.4, -0.2) is 78.1 Å². The first-order chi connectivity index (χ1) is 16.4. The molecule has 0 saturated carbocycles. The molecule has 4 rings (SSSR count). The SMILES string of the molecule is CC.CC(C)C(N=C1NC(CN2CCN(C(=O)c3cccs3)CC2)=NC2CC=CC=C12)C(N)=O. The Morgan fingerprint density at radius 2 is 2.00 bits per heavy atom. The number of primary amides is 1. The topological polar surface area (TPSA) is 103 Å². The van der Waals surface area contributed by atoms with Gasteiger partial charge in [-0.05, 0) is 23.8 Å². The number of carbonyl (C=O) groups excluding carboxylic acids is 2. The largest absolute Gasteiger partial charge is 0.368 e. The van der Waals surface area contributed by atoms with Crippen LogP contribution in [0.15, 0.2) is 51.3 Å². The summed E-state index contributed by atoms with van der Waals surface area (Å²) >= 11 is 1.48. The number of nitrogens with one attached hydrogen (secondary N) is 1. The molecule has 184 valence electrons. The zero-order chi connectivity index (χ0) is 24.7. The van der Waals surface area contributed by atoms with Gasteiger partial charge < -0.3 is 16.0 Å². The first-order valence-electron chi connectivity index (χ1n) is 12.1. The third-order valence-corrected chi connectivity index (χ3v) is 6.79. The van der Waals surface area contributed by atoms with Crippen LogP contribution in [0.4, 0.5) is 0 Å². The lowest BCUT2D eigenvalue weighted by molar-refractivity contribution is -0.120. The van der Waals surface area contributed by atoms with E-state index in [1.54, 1.807) is 0 Å². The van der Waals surface area contributed by atoms with Crippen molar-refractivity contribution in [1.29, 1.82) is 0 Å². The Kier molecular flexibility index (Phi) is 9.18. The van der Waals surface area contributed by atoms with Gasteiger partial charge in [0, 0.05) is 31.8 Å². The summed E-state index contributed by atoms with van der Waals surface area (Å²) in [6, 6.07) is 3.19. The number of fused-ring (bicyclic) bond motifs is 1. The molecule has 2 unspecified atom stereocenters. The maximum atomic E-state index is 12.6. The average molecular weight is 485 g/mol. The predicted octanol–water partition coefficient (Wildman–Crippen LogP) is 2.70. The Morgan fingerprint density at radius 3 is 2.62 bits per heavy atom. The van der Waals surface area contributed by atoms with Crippen LogP contribution in [0.5, 0.6) is 0 Å². The van der Waals surface area contributed by atoms with Crippen molar-refractivity contribution in [3.8, 4) is 0 Å². The number of nitrogens with zero attached hydrogens (tertiary/aromatic N) is 4. The molecule has 3 N–H and O–H groups in total. The van der Waals surface area contributed by atoms with E-state index in [2.05, 4.69) is 16.3 Å². The normalized spacial score (nSPS) is 22.2. The Hall–Kier alpha value is -2.78. The van der Waals surface area contributed by atoms with Gasteiger partial charge in [-0.1, -0.05) is 52.0 Å². The number of hydrogen-bond donors (Lipinski definition) is 2. The first kappa shape index (κ1) is 25.8. The number of piperazine rings is 1. The van der Waals surface area contributed by atoms with Crippen LogP contribution < -0.4 is 11.1 Å². The van der Waals surface area contributed by atoms with Gasteiger partial charge in [-0.15, -0.1) is 11.3 Å². The van der Waals surface area contributed by atoms with E-state index in [4.69, 9.17) is 15.7 Å². The van der Waals surface area contributed by atoms with Crippen LogP contribution in [0.3, 0.4) is 0 Å². The van der Waals surface area contributed by atoms with E-state index >= 15 is 0 Å². The third kappa shape index (κ3) is 6.21. The van der Waals surface area contributed by atoms with Crippen molar-refractivity contribution >= 4 is 34.8 Å². The van der Waals surface area contributed by atoms with Gasteiger partial charge >= 0.3 is 0 Å². The molecule has 0 radical (unpaired) electrons. The molecular weight excluding hydrogens is 448 g/mol. The molecule has 34 heavy (non-hydrogen) atoms.